The van der Waals surface area contributed by atoms with Crippen LogP contribution in [0.3, 0.4) is 0 Å². The Labute approximate surface area is 117 Å². The van der Waals surface area contributed by atoms with Gasteiger partial charge in [0.1, 0.15) is 0 Å². The first-order chi connectivity index (χ1) is 7.87. The minimum atomic E-state index is -1.70. The van der Waals surface area contributed by atoms with E-state index in [0.29, 0.717) is 24.8 Å². The SMILES string of the molecule is O=C1C2CC3OC3CC2C(=O)N1SC(Cl)(Cl)Cl. The molecule has 2 heterocycles. The Balaban J connectivity index is 1.79. The molecule has 4 atom stereocenters. The number of alkyl halides is 3. The number of epoxide rings is 1. The quantitative estimate of drug-likeness (QED) is 0.322. The van der Waals surface area contributed by atoms with Crippen LogP contribution in [0.1, 0.15) is 12.8 Å². The van der Waals surface area contributed by atoms with E-state index in [0.717, 1.165) is 4.31 Å². The second-order valence-electron chi connectivity index (χ2n) is 4.41. The molecule has 2 aliphatic heterocycles. The monoisotopic (exact) mass is 315 g/mol. The largest absolute Gasteiger partial charge is 0.370 e. The maximum atomic E-state index is 12.0. The summed E-state index contributed by atoms with van der Waals surface area (Å²) in [5.74, 6) is -1.12. The zero-order valence-corrected chi connectivity index (χ0v) is 11.5. The van der Waals surface area contributed by atoms with Gasteiger partial charge in [-0.25, -0.2) is 4.31 Å². The fraction of sp³-hybridized carbons (Fsp3) is 0.778. The van der Waals surface area contributed by atoms with Crippen LogP contribution in [0, 0.1) is 11.8 Å². The number of carbonyl (C=O) groups excluding carboxylic acids is 2. The molecule has 2 amide bonds. The Bertz CT molecular complexity index is 371. The van der Waals surface area contributed by atoms with Gasteiger partial charge in [0.15, 0.2) is 0 Å². The number of ether oxygens (including phenoxy) is 1. The summed E-state index contributed by atoms with van der Waals surface area (Å²) in [6.45, 7) is 0. The first kappa shape index (κ1) is 12.4. The third kappa shape index (κ3) is 2.16. The second-order valence-corrected chi connectivity index (χ2v) is 8.52. The molecule has 3 fully saturated rings. The number of nitrogens with zero attached hydrogens (tertiary/aromatic N) is 1. The number of rotatable bonds is 1. The van der Waals surface area contributed by atoms with Crippen molar-refractivity contribution in [2.45, 2.75) is 28.2 Å². The van der Waals surface area contributed by atoms with E-state index in [1.807, 2.05) is 0 Å². The zero-order chi connectivity index (χ0) is 12.4. The molecular weight excluding hydrogens is 309 g/mol. The maximum absolute atomic E-state index is 12.0. The summed E-state index contributed by atoms with van der Waals surface area (Å²) in [6, 6.07) is 0. The number of amides is 2. The molecule has 2 saturated heterocycles. The third-order valence-electron chi connectivity index (χ3n) is 3.38. The van der Waals surface area contributed by atoms with Crippen LogP contribution < -0.4 is 0 Å². The van der Waals surface area contributed by atoms with Crippen molar-refractivity contribution in [3.8, 4) is 0 Å². The molecule has 0 radical (unpaired) electrons. The third-order valence-corrected chi connectivity index (χ3v) is 4.75. The number of carbonyl (C=O) groups is 2. The van der Waals surface area contributed by atoms with E-state index in [2.05, 4.69) is 0 Å². The van der Waals surface area contributed by atoms with Crippen molar-refractivity contribution >= 4 is 58.6 Å². The lowest BCUT2D eigenvalue weighted by Crippen LogP contribution is -2.27. The highest BCUT2D eigenvalue weighted by molar-refractivity contribution is 8.03. The Morgan fingerprint density at radius 2 is 1.59 bits per heavy atom. The summed E-state index contributed by atoms with van der Waals surface area (Å²) in [6.07, 6.45) is 1.50. The van der Waals surface area contributed by atoms with Crippen LogP contribution in [-0.2, 0) is 14.3 Å². The Hall–Kier alpha value is 0.320. The van der Waals surface area contributed by atoms with Gasteiger partial charge in [-0.05, 0) is 12.8 Å². The summed E-state index contributed by atoms with van der Waals surface area (Å²) in [5, 5.41) is 0. The van der Waals surface area contributed by atoms with Gasteiger partial charge in [0.05, 0.1) is 24.0 Å². The van der Waals surface area contributed by atoms with Gasteiger partial charge < -0.3 is 4.74 Å². The molecule has 0 aromatic carbocycles. The lowest BCUT2D eigenvalue weighted by Gasteiger charge is -2.17. The fourth-order valence-electron chi connectivity index (χ4n) is 2.57. The standard InChI is InChI=1S/C9H8Cl3NO3S/c10-9(11,12)17-13-7(14)3-1-5-6(16-5)2-4(3)8(13)15/h3-6H,1-2H2. The van der Waals surface area contributed by atoms with Gasteiger partial charge in [-0.3, -0.25) is 9.59 Å². The highest BCUT2D eigenvalue weighted by atomic mass is 35.6. The van der Waals surface area contributed by atoms with Crippen LogP contribution in [0.4, 0.5) is 0 Å². The predicted molar refractivity (Wildman–Crippen MR) is 64.6 cm³/mol. The van der Waals surface area contributed by atoms with Gasteiger partial charge in [0.25, 0.3) is 3.12 Å². The van der Waals surface area contributed by atoms with Crippen LogP contribution in [-0.4, -0.2) is 31.5 Å². The molecule has 1 saturated carbocycles. The smallest absolute Gasteiger partial charge is 0.256 e. The van der Waals surface area contributed by atoms with Crippen molar-refractivity contribution in [3.63, 3.8) is 0 Å². The first-order valence-corrected chi connectivity index (χ1v) is 7.06. The maximum Gasteiger partial charge on any atom is 0.256 e. The van der Waals surface area contributed by atoms with Crippen LogP contribution in [0.15, 0.2) is 0 Å². The van der Waals surface area contributed by atoms with Crippen LogP contribution in [0.25, 0.3) is 0 Å². The van der Waals surface area contributed by atoms with Crippen molar-refractivity contribution in [3.05, 3.63) is 0 Å². The number of fused-ring (bicyclic) bond motifs is 2. The summed E-state index contributed by atoms with van der Waals surface area (Å²) in [4.78, 5) is 24.1. The number of hydrogen-bond acceptors (Lipinski definition) is 4. The van der Waals surface area contributed by atoms with E-state index in [1.54, 1.807) is 0 Å². The highest BCUT2D eigenvalue weighted by Crippen LogP contribution is 2.51. The number of halogens is 3. The van der Waals surface area contributed by atoms with Crippen LogP contribution in [0.2, 0.25) is 0 Å². The van der Waals surface area contributed by atoms with E-state index in [-0.39, 0.29) is 35.9 Å². The predicted octanol–water partition coefficient (Wildman–Crippen LogP) is 2.12. The number of imide groups is 1. The Kier molecular flexibility index (Phi) is 2.84. The normalized spacial score (nSPS) is 40.3. The van der Waals surface area contributed by atoms with Crippen molar-refractivity contribution in [1.82, 2.24) is 4.31 Å². The van der Waals surface area contributed by atoms with Crippen molar-refractivity contribution in [2.75, 3.05) is 0 Å². The van der Waals surface area contributed by atoms with Gasteiger partial charge in [-0.1, -0.05) is 34.8 Å². The molecule has 17 heavy (non-hydrogen) atoms. The van der Waals surface area contributed by atoms with Gasteiger partial charge in [0, 0.05) is 11.9 Å². The van der Waals surface area contributed by atoms with Crippen molar-refractivity contribution in [2.24, 2.45) is 11.8 Å². The molecule has 0 N–H and O–H groups in total. The van der Waals surface area contributed by atoms with E-state index >= 15 is 0 Å². The average molecular weight is 317 g/mol. The minimum Gasteiger partial charge on any atom is -0.370 e. The summed E-state index contributed by atoms with van der Waals surface area (Å²) < 4.78 is 4.65. The van der Waals surface area contributed by atoms with Crippen LogP contribution in [0.5, 0.6) is 0 Å². The highest BCUT2D eigenvalue weighted by Gasteiger charge is 2.59. The Morgan fingerprint density at radius 3 is 2.00 bits per heavy atom. The van der Waals surface area contributed by atoms with E-state index in [1.165, 1.54) is 0 Å². The van der Waals surface area contributed by atoms with Crippen LogP contribution >= 0.6 is 46.8 Å². The summed E-state index contributed by atoms with van der Waals surface area (Å²) in [5.41, 5.74) is 0. The molecule has 0 spiro atoms. The molecule has 1 aliphatic carbocycles. The van der Waals surface area contributed by atoms with Gasteiger partial charge in [0.2, 0.25) is 11.8 Å². The molecule has 0 aromatic heterocycles. The summed E-state index contributed by atoms with van der Waals surface area (Å²) in [7, 11) is 0. The van der Waals surface area contributed by atoms with E-state index in [9.17, 15) is 9.59 Å². The molecule has 4 unspecified atom stereocenters. The van der Waals surface area contributed by atoms with E-state index in [4.69, 9.17) is 39.5 Å². The fourth-order valence-corrected chi connectivity index (χ4v) is 3.85. The van der Waals surface area contributed by atoms with Gasteiger partial charge >= 0.3 is 0 Å². The molecule has 0 bridgehead atoms. The van der Waals surface area contributed by atoms with Crippen molar-refractivity contribution in [1.29, 1.82) is 0 Å². The molecule has 4 nitrogen and oxygen atoms in total. The lowest BCUT2D eigenvalue weighted by molar-refractivity contribution is -0.133. The molecule has 0 aromatic rings. The average Bonchev–Trinajstić information content (AvgIpc) is 2.94. The van der Waals surface area contributed by atoms with Gasteiger partial charge in [-0.2, -0.15) is 0 Å². The zero-order valence-electron chi connectivity index (χ0n) is 8.44. The summed E-state index contributed by atoms with van der Waals surface area (Å²) >= 11 is 17.5. The molecule has 3 rings (SSSR count). The molecule has 8 heteroatoms. The topological polar surface area (TPSA) is 49.9 Å². The number of hydrogen-bond donors (Lipinski definition) is 0. The van der Waals surface area contributed by atoms with E-state index < -0.39 is 3.12 Å². The molecule has 94 valence electrons. The minimum absolute atomic E-state index is 0.144. The van der Waals surface area contributed by atoms with Gasteiger partial charge in [-0.15, -0.1) is 0 Å². The second kappa shape index (κ2) is 3.90. The molecular formula is C9H8Cl3NO3S. The first-order valence-electron chi connectivity index (χ1n) is 5.16. The molecule has 3 aliphatic rings. The van der Waals surface area contributed by atoms with Crippen molar-refractivity contribution < 1.29 is 14.3 Å². The lowest BCUT2D eigenvalue weighted by atomic mass is 9.81. The Morgan fingerprint density at radius 1 is 1.12 bits per heavy atom.